The molecule has 0 aromatic heterocycles. The standard InChI is InChI=1S/C19H22N2O3S/c1-2-3-13-25(23,24)21-12-11-15-9-10-17(14-18(15)21)20-19(22)16-7-5-4-6-8-16/h4-10,14H,2-3,11-13H2,1H3,(H,20,22). The van der Waals surface area contributed by atoms with Crippen LogP contribution in [0.3, 0.4) is 0 Å². The van der Waals surface area contributed by atoms with Crippen molar-refractivity contribution in [3.05, 3.63) is 59.7 Å². The maximum atomic E-state index is 12.5. The Bertz CT molecular complexity index is 863. The van der Waals surface area contributed by atoms with E-state index in [-0.39, 0.29) is 11.7 Å². The van der Waals surface area contributed by atoms with Crippen molar-refractivity contribution in [3.8, 4) is 0 Å². The average molecular weight is 358 g/mol. The highest BCUT2D eigenvalue weighted by Crippen LogP contribution is 2.33. The van der Waals surface area contributed by atoms with Crippen LogP contribution in [0.1, 0.15) is 35.7 Å². The number of benzene rings is 2. The van der Waals surface area contributed by atoms with Crippen molar-refractivity contribution in [3.63, 3.8) is 0 Å². The van der Waals surface area contributed by atoms with Gasteiger partial charge in [-0.25, -0.2) is 8.42 Å². The second kappa shape index (κ2) is 7.27. The SMILES string of the molecule is CCCCS(=O)(=O)N1CCc2ccc(NC(=O)c3ccccc3)cc21. The first-order valence-electron chi connectivity index (χ1n) is 8.51. The molecule has 0 aliphatic carbocycles. The van der Waals surface area contributed by atoms with Gasteiger partial charge in [0, 0.05) is 17.8 Å². The van der Waals surface area contributed by atoms with Gasteiger partial charge in [0.2, 0.25) is 10.0 Å². The summed E-state index contributed by atoms with van der Waals surface area (Å²) in [4.78, 5) is 12.3. The normalized spacial score (nSPS) is 13.6. The molecule has 2 aromatic rings. The van der Waals surface area contributed by atoms with E-state index >= 15 is 0 Å². The highest BCUT2D eigenvalue weighted by Gasteiger charge is 2.29. The minimum atomic E-state index is -3.31. The minimum absolute atomic E-state index is 0.156. The van der Waals surface area contributed by atoms with E-state index in [1.165, 1.54) is 4.31 Å². The third kappa shape index (κ3) is 3.85. The van der Waals surface area contributed by atoms with E-state index < -0.39 is 10.0 Å². The van der Waals surface area contributed by atoms with Crippen LogP contribution in [0, 0.1) is 0 Å². The molecule has 0 saturated heterocycles. The topological polar surface area (TPSA) is 66.5 Å². The Morgan fingerprint density at radius 1 is 1.16 bits per heavy atom. The van der Waals surface area contributed by atoms with Crippen LogP contribution in [-0.2, 0) is 16.4 Å². The van der Waals surface area contributed by atoms with Gasteiger partial charge in [-0.05, 0) is 42.7 Å². The maximum Gasteiger partial charge on any atom is 0.255 e. The third-order valence-corrected chi connectivity index (χ3v) is 6.18. The number of rotatable bonds is 6. The lowest BCUT2D eigenvalue weighted by Gasteiger charge is -2.20. The lowest BCUT2D eigenvalue weighted by atomic mass is 10.1. The van der Waals surface area contributed by atoms with Gasteiger partial charge < -0.3 is 5.32 Å². The van der Waals surface area contributed by atoms with E-state index in [4.69, 9.17) is 0 Å². The second-order valence-corrected chi connectivity index (χ2v) is 8.17. The molecule has 5 nitrogen and oxygen atoms in total. The van der Waals surface area contributed by atoms with Gasteiger partial charge in [0.15, 0.2) is 0 Å². The number of hydrogen-bond donors (Lipinski definition) is 1. The Morgan fingerprint density at radius 2 is 1.92 bits per heavy atom. The number of hydrogen-bond acceptors (Lipinski definition) is 3. The summed E-state index contributed by atoms with van der Waals surface area (Å²) in [6.07, 6.45) is 2.19. The van der Waals surface area contributed by atoms with Crippen molar-refractivity contribution in [2.75, 3.05) is 21.9 Å². The van der Waals surface area contributed by atoms with Gasteiger partial charge >= 0.3 is 0 Å². The van der Waals surface area contributed by atoms with Gasteiger partial charge in [-0.1, -0.05) is 37.6 Å². The van der Waals surface area contributed by atoms with Gasteiger partial charge in [-0.3, -0.25) is 9.10 Å². The first-order chi connectivity index (χ1) is 12.0. The summed E-state index contributed by atoms with van der Waals surface area (Å²) in [5.74, 6) is -0.0530. The summed E-state index contributed by atoms with van der Waals surface area (Å²) < 4.78 is 26.6. The number of anilines is 2. The molecule has 1 amide bonds. The third-order valence-electron chi connectivity index (χ3n) is 4.32. The molecule has 132 valence electrons. The fourth-order valence-electron chi connectivity index (χ4n) is 2.95. The van der Waals surface area contributed by atoms with Crippen LogP contribution in [0.15, 0.2) is 48.5 Å². The van der Waals surface area contributed by atoms with Gasteiger partial charge in [-0.2, -0.15) is 0 Å². The Labute approximate surface area is 148 Å². The van der Waals surface area contributed by atoms with Crippen LogP contribution in [0.2, 0.25) is 0 Å². The summed E-state index contributed by atoms with van der Waals surface area (Å²) in [6.45, 7) is 2.45. The summed E-state index contributed by atoms with van der Waals surface area (Å²) in [6, 6.07) is 14.4. The Hall–Kier alpha value is -2.34. The van der Waals surface area contributed by atoms with E-state index in [0.29, 0.717) is 36.3 Å². The Kier molecular flexibility index (Phi) is 5.08. The summed E-state index contributed by atoms with van der Waals surface area (Å²) in [5, 5.41) is 2.84. The fourth-order valence-corrected chi connectivity index (χ4v) is 4.66. The van der Waals surface area contributed by atoms with Crippen molar-refractivity contribution in [1.29, 1.82) is 0 Å². The maximum absolute atomic E-state index is 12.5. The van der Waals surface area contributed by atoms with Crippen LogP contribution < -0.4 is 9.62 Å². The van der Waals surface area contributed by atoms with E-state index in [1.807, 2.05) is 25.1 Å². The van der Waals surface area contributed by atoms with Crippen LogP contribution in [-0.4, -0.2) is 26.6 Å². The Balaban J connectivity index is 1.82. The molecule has 2 aromatic carbocycles. The van der Waals surface area contributed by atoms with Crippen molar-refractivity contribution < 1.29 is 13.2 Å². The minimum Gasteiger partial charge on any atom is -0.322 e. The first-order valence-corrected chi connectivity index (χ1v) is 10.1. The number of amides is 1. The molecule has 1 N–H and O–H groups in total. The van der Waals surface area contributed by atoms with Gasteiger partial charge in [0.1, 0.15) is 0 Å². The van der Waals surface area contributed by atoms with Crippen LogP contribution in [0.4, 0.5) is 11.4 Å². The molecule has 1 aliphatic heterocycles. The van der Waals surface area contributed by atoms with E-state index in [9.17, 15) is 13.2 Å². The molecule has 0 unspecified atom stereocenters. The summed E-state index contributed by atoms with van der Waals surface area (Å²) in [7, 11) is -3.31. The van der Waals surface area contributed by atoms with Crippen molar-refractivity contribution in [2.45, 2.75) is 26.2 Å². The van der Waals surface area contributed by atoms with E-state index in [2.05, 4.69) is 5.32 Å². The molecule has 0 radical (unpaired) electrons. The quantitative estimate of drug-likeness (QED) is 0.860. The zero-order chi connectivity index (χ0) is 17.9. The molecule has 0 atom stereocenters. The summed E-state index contributed by atoms with van der Waals surface area (Å²) >= 11 is 0. The number of sulfonamides is 1. The average Bonchev–Trinajstić information content (AvgIpc) is 3.05. The zero-order valence-electron chi connectivity index (χ0n) is 14.2. The number of fused-ring (bicyclic) bond motifs is 1. The monoisotopic (exact) mass is 358 g/mol. The van der Waals surface area contributed by atoms with Gasteiger partial charge in [0.25, 0.3) is 5.91 Å². The smallest absolute Gasteiger partial charge is 0.255 e. The van der Waals surface area contributed by atoms with E-state index in [0.717, 1.165) is 12.0 Å². The van der Waals surface area contributed by atoms with Crippen molar-refractivity contribution in [1.82, 2.24) is 0 Å². The van der Waals surface area contributed by atoms with Crippen molar-refractivity contribution in [2.24, 2.45) is 0 Å². The molecule has 1 aliphatic rings. The molecule has 0 fully saturated rings. The van der Waals surface area contributed by atoms with Crippen LogP contribution in [0.25, 0.3) is 0 Å². The lowest BCUT2D eigenvalue weighted by Crippen LogP contribution is -2.31. The molecular formula is C19H22N2O3S. The number of nitrogens with one attached hydrogen (secondary N) is 1. The molecule has 3 rings (SSSR count). The highest BCUT2D eigenvalue weighted by molar-refractivity contribution is 7.92. The van der Waals surface area contributed by atoms with Gasteiger partial charge in [0.05, 0.1) is 11.4 Å². The highest BCUT2D eigenvalue weighted by atomic mass is 32.2. The number of carbonyl (C=O) groups is 1. The zero-order valence-corrected chi connectivity index (χ0v) is 15.1. The molecular weight excluding hydrogens is 336 g/mol. The molecule has 25 heavy (non-hydrogen) atoms. The molecule has 0 saturated carbocycles. The lowest BCUT2D eigenvalue weighted by molar-refractivity contribution is 0.102. The number of carbonyl (C=O) groups excluding carboxylic acids is 1. The molecule has 6 heteroatoms. The molecule has 0 bridgehead atoms. The van der Waals surface area contributed by atoms with Crippen LogP contribution >= 0.6 is 0 Å². The van der Waals surface area contributed by atoms with Gasteiger partial charge in [-0.15, -0.1) is 0 Å². The summed E-state index contributed by atoms with van der Waals surface area (Å²) in [5.41, 5.74) is 2.85. The Morgan fingerprint density at radius 3 is 2.64 bits per heavy atom. The number of nitrogens with zero attached hydrogens (tertiary/aromatic N) is 1. The van der Waals surface area contributed by atoms with Crippen molar-refractivity contribution >= 4 is 27.3 Å². The largest absolute Gasteiger partial charge is 0.322 e. The molecule has 0 spiro atoms. The predicted molar refractivity (Wildman–Crippen MR) is 101 cm³/mol. The first kappa shape index (κ1) is 17.5. The number of unbranched alkanes of at least 4 members (excludes halogenated alkanes) is 1. The van der Waals surface area contributed by atoms with E-state index in [1.54, 1.807) is 30.3 Å². The molecule has 1 heterocycles. The van der Waals surface area contributed by atoms with Crippen LogP contribution in [0.5, 0.6) is 0 Å². The fraction of sp³-hybridized carbons (Fsp3) is 0.316. The second-order valence-electron chi connectivity index (χ2n) is 6.16. The predicted octanol–water partition coefficient (Wildman–Crippen LogP) is 3.43.